The SMILES string of the molecule is Cc1ccc(-c2ccc3nc(-c4ccc(-c5ccc6c(c5)c5ccccc5n6-c5ccccc5)cc4)oc3c2)c(C)c1. The Kier molecular flexibility index (Phi) is 5.58. The molecule has 0 aliphatic heterocycles. The summed E-state index contributed by atoms with van der Waals surface area (Å²) in [6, 6.07) is 47.3. The number of aromatic nitrogens is 2. The second-order valence-corrected chi connectivity index (χ2v) is 11.0. The van der Waals surface area contributed by atoms with Crippen molar-refractivity contribution in [2.75, 3.05) is 0 Å². The zero-order chi connectivity index (χ0) is 28.2. The molecule has 0 saturated carbocycles. The van der Waals surface area contributed by atoms with Crippen molar-refractivity contribution >= 4 is 32.9 Å². The van der Waals surface area contributed by atoms with Gasteiger partial charge in [0.1, 0.15) is 5.52 Å². The van der Waals surface area contributed by atoms with Crippen LogP contribution in [0, 0.1) is 13.8 Å². The number of benzene rings is 6. The van der Waals surface area contributed by atoms with Crippen LogP contribution in [0.5, 0.6) is 0 Å². The summed E-state index contributed by atoms with van der Waals surface area (Å²) < 4.78 is 8.61. The molecule has 0 bridgehead atoms. The lowest BCUT2D eigenvalue weighted by molar-refractivity contribution is 0.620. The van der Waals surface area contributed by atoms with Gasteiger partial charge in [-0.05, 0) is 96.3 Å². The molecule has 42 heavy (non-hydrogen) atoms. The second-order valence-electron chi connectivity index (χ2n) is 11.0. The third kappa shape index (κ3) is 4.02. The molecule has 0 atom stereocenters. The van der Waals surface area contributed by atoms with Crippen LogP contribution in [-0.2, 0) is 0 Å². The van der Waals surface area contributed by atoms with Crippen molar-refractivity contribution in [2.45, 2.75) is 13.8 Å². The van der Waals surface area contributed by atoms with Crippen molar-refractivity contribution in [3.05, 3.63) is 145 Å². The molecule has 8 rings (SSSR count). The first-order valence-electron chi connectivity index (χ1n) is 14.3. The fourth-order valence-electron chi connectivity index (χ4n) is 6.17. The molecule has 2 heterocycles. The average molecular weight is 541 g/mol. The van der Waals surface area contributed by atoms with Crippen LogP contribution < -0.4 is 0 Å². The zero-order valence-electron chi connectivity index (χ0n) is 23.5. The van der Waals surface area contributed by atoms with Gasteiger partial charge < -0.3 is 8.98 Å². The number of hydrogen-bond donors (Lipinski definition) is 0. The highest BCUT2D eigenvalue weighted by atomic mass is 16.3. The number of fused-ring (bicyclic) bond motifs is 4. The first-order valence-corrected chi connectivity index (χ1v) is 14.3. The molecule has 8 aromatic rings. The summed E-state index contributed by atoms with van der Waals surface area (Å²) in [5, 5.41) is 2.50. The van der Waals surface area contributed by atoms with Gasteiger partial charge in [-0.15, -0.1) is 0 Å². The van der Waals surface area contributed by atoms with E-state index < -0.39 is 0 Å². The maximum absolute atomic E-state index is 6.26. The first-order chi connectivity index (χ1) is 20.6. The smallest absolute Gasteiger partial charge is 0.227 e. The third-order valence-electron chi connectivity index (χ3n) is 8.23. The quantitative estimate of drug-likeness (QED) is 0.222. The normalized spacial score (nSPS) is 11.6. The Hall–Kier alpha value is -5.41. The van der Waals surface area contributed by atoms with Gasteiger partial charge in [-0.25, -0.2) is 4.98 Å². The fraction of sp³-hybridized carbons (Fsp3) is 0.0513. The molecule has 0 unspecified atom stereocenters. The van der Waals surface area contributed by atoms with Crippen LogP contribution in [0.25, 0.3) is 72.3 Å². The van der Waals surface area contributed by atoms with E-state index in [1.807, 2.05) is 6.07 Å². The molecule has 3 nitrogen and oxygen atoms in total. The van der Waals surface area contributed by atoms with Crippen molar-refractivity contribution in [2.24, 2.45) is 0 Å². The van der Waals surface area contributed by atoms with Gasteiger partial charge >= 0.3 is 0 Å². The van der Waals surface area contributed by atoms with Crippen molar-refractivity contribution in [3.8, 4) is 39.4 Å². The summed E-state index contributed by atoms with van der Waals surface area (Å²) in [5.41, 5.74) is 13.4. The maximum atomic E-state index is 6.26. The minimum absolute atomic E-state index is 0.635. The Balaban J connectivity index is 1.15. The van der Waals surface area contributed by atoms with E-state index in [9.17, 15) is 0 Å². The number of aryl methyl sites for hydroxylation is 2. The number of hydrogen-bond acceptors (Lipinski definition) is 2. The molecular weight excluding hydrogens is 512 g/mol. The van der Waals surface area contributed by atoms with Crippen LogP contribution in [-0.4, -0.2) is 9.55 Å². The van der Waals surface area contributed by atoms with Crippen molar-refractivity contribution in [3.63, 3.8) is 0 Å². The largest absolute Gasteiger partial charge is 0.436 e. The summed E-state index contributed by atoms with van der Waals surface area (Å²) in [6.45, 7) is 4.27. The van der Waals surface area contributed by atoms with Crippen molar-refractivity contribution < 1.29 is 4.42 Å². The lowest BCUT2D eigenvalue weighted by atomic mass is 9.99. The monoisotopic (exact) mass is 540 g/mol. The van der Waals surface area contributed by atoms with Gasteiger partial charge in [0.05, 0.1) is 11.0 Å². The number of rotatable bonds is 4. The molecule has 0 aliphatic carbocycles. The minimum Gasteiger partial charge on any atom is -0.436 e. The summed E-state index contributed by atoms with van der Waals surface area (Å²) in [4.78, 5) is 4.79. The Morgan fingerprint density at radius 1 is 0.548 bits per heavy atom. The summed E-state index contributed by atoms with van der Waals surface area (Å²) in [6.07, 6.45) is 0. The summed E-state index contributed by atoms with van der Waals surface area (Å²) >= 11 is 0. The molecule has 0 fully saturated rings. The van der Waals surface area contributed by atoms with E-state index in [0.29, 0.717) is 5.89 Å². The van der Waals surface area contributed by atoms with E-state index in [-0.39, 0.29) is 0 Å². The van der Waals surface area contributed by atoms with Gasteiger partial charge in [0.25, 0.3) is 0 Å². The lowest BCUT2D eigenvalue weighted by Crippen LogP contribution is -1.92. The lowest BCUT2D eigenvalue weighted by Gasteiger charge is -2.08. The highest BCUT2D eigenvalue weighted by Crippen LogP contribution is 2.36. The molecule has 6 aromatic carbocycles. The highest BCUT2D eigenvalue weighted by Gasteiger charge is 2.14. The molecule has 0 aliphatic rings. The Labute approximate surface area is 244 Å². The van der Waals surface area contributed by atoms with E-state index in [0.717, 1.165) is 27.8 Å². The number of nitrogens with zero attached hydrogens (tertiary/aromatic N) is 2. The van der Waals surface area contributed by atoms with Gasteiger partial charge in [0.2, 0.25) is 5.89 Å². The van der Waals surface area contributed by atoms with Gasteiger partial charge in [0, 0.05) is 22.0 Å². The van der Waals surface area contributed by atoms with Gasteiger partial charge in [0.15, 0.2) is 5.58 Å². The molecule has 0 radical (unpaired) electrons. The van der Waals surface area contributed by atoms with E-state index in [2.05, 4.69) is 146 Å². The van der Waals surface area contributed by atoms with E-state index >= 15 is 0 Å². The molecule has 2 aromatic heterocycles. The third-order valence-corrected chi connectivity index (χ3v) is 8.23. The Morgan fingerprint density at radius 3 is 2.10 bits per heavy atom. The van der Waals surface area contributed by atoms with Gasteiger partial charge in [-0.2, -0.15) is 0 Å². The van der Waals surface area contributed by atoms with Gasteiger partial charge in [-0.3, -0.25) is 0 Å². The van der Waals surface area contributed by atoms with Crippen molar-refractivity contribution in [1.29, 1.82) is 0 Å². The Morgan fingerprint density at radius 2 is 1.26 bits per heavy atom. The second kappa shape index (κ2) is 9.60. The molecule has 0 saturated heterocycles. The van der Waals surface area contributed by atoms with Crippen LogP contribution in [0.3, 0.4) is 0 Å². The minimum atomic E-state index is 0.635. The van der Waals surface area contributed by atoms with Crippen molar-refractivity contribution in [1.82, 2.24) is 9.55 Å². The summed E-state index contributed by atoms with van der Waals surface area (Å²) in [7, 11) is 0. The standard InChI is InChI=1S/C39H28N2O/c1-25-12-19-32(26(2)22-25)30-17-20-35-38(24-30)42-39(40-35)28-15-13-27(14-16-28)29-18-21-37-34(23-29)33-10-6-7-11-36(33)41(37)31-8-4-3-5-9-31/h3-24H,1-2H3. The maximum Gasteiger partial charge on any atom is 0.227 e. The van der Waals surface area contributed by atoms with Gasteiger partial charge in [-0.1, -0.05) is 84.4 Å². The summed E-state index contributed by atoms with van der Waals surface area (Å²) in [5.74, 6) is 0.635. The van der Waals surface area contributed by atoms with E-state index in [4.69, 9.17) is 9.40 Å². The number of oxazole rings is 1. The molecule has 3 heteroatoms. The molecule has 0 spiro atoms. The molecular formula is C39H28N2O. The zero-order valence-corrected chi connectivity index (χ0v) is 23.5. The predicted molar refractivity (Wildman–Crippen MR) is 174 cm³/mol. The molecule has 200 valence electrons. The van der Waals surface area contributed by atoms with Crippen LogP contribution in [0.4, 0.5) is 0 Å². The highest BCUT2D eigenvalue weighted by molar-refractivity contribution is 6.10. The van der Waals surface area contributed by atoms with Crippen LogP contribution in [0.15, 0.2) is 138 Å². The fourth-order valence-corrected chi connectivity index (χ4v) is 6.17. The number of para-hydroxylation sites is 2. The first kappa shape index (κ1) is 24.4. The predicted octanol–water partition coefficient (Wildman–Crippen LogP) is 10.5. The Bertz CT molecular complexity index is 2250. The van der Waals surface area contributed by atoms with Crippen LogP contribution in [0.1, 0.15) is 11.1 Å². The van der Waals surface area contributed by atoms with Crippen LogP contribution in [0.2, 0.25) is 0 Å². The topological polar surface area (TPSA) is 31.0 Å². The van der Waals surface area contributed by atoms with E-state index in [1.54, 1.807) is 0 Å². The van der Waals surface area contributed by atoms with Crippen LogP contribution >= 0.6 is 0 Å². The van der Waals surface area contributed by atoms with E-state index in [1.165, 1.54) is 49.7 Å². The average Bonchev–Trinajstić information content (AvgIpc) is 3.60. The molecule has 0 N–H and O–H groups in total. The molecule has 0 amide bonds.